The molecule has 3 saturated carbocycles. The summed E-state index contributed by atoms with van der Waals surface area (Å²) in [6, 6.07) is 8.85. The Hall–Kier alpha value is -2.83. The Labute approximate surface area is 327 Å². The van der Waals surface area contributed by atoms with Crippen LogP contribution in [0.4, 0.5) is 4.79 Å². The van der Waals surface area contributed by atoms with E-state index in [9.17, 15) is 14.4 Å². The number of hydrogen-bond acceptors (Lipinski definition) is 6. The van der Waals surface area contributed by atoms with E-state index in [1.807, 2.05) is 51.1 Å². The second-order valence-electron chi connectivity index (χ2n) is 19.5. The summed E-state index contributed by atoms with van der Waals surface area (Å²) < 4.78 is 17.2. The molecule has 302 valence electrons. The van der Waals surface area contributed by atoms with Gasteiger partial charge in [0.05, 0.1) is 0 Å². The molecule has 0 spiro atoms. The van der Waals surface area contributed by atoms with Crippen LogP contribution >= 0.6 is 0 Å². The third kappa shape index (κ3) is 10.7. The molecule has 4 aliphatic rings. The number of allylic oxidation sites excluding steroid dienone is 1. The largest absolute Gasteiger partial charge is 0.461 e. The highest BCUT2D eigenvalue weighted by molar-refractivity contribution is 5.81. The molecule has 0 heterocycles. The normalized spacial score (nSPS) is 30.2. The van der Waals surface area contributed by atoms with E-state index in [0.717, 1.165) is 67.3 Å². The van der Waals surface area contributed by atoms with Crippen molar-refractivity contribution in [2.24, 2.45) is 46.3 Å². The van der Waals surface area contributed by atoms with Crippen molar-refractivity contribution in [2.75, 3.05) is 0 Å². The first-order valence-corrected chi connectivity index (χ1v) is 21.7. The minimum atomic E-state index is -0.804. The van der Waals surface area contributed by atoms with Crippen LogP contribution < -0.4 is 5.32 Å². The average Bonchev–Trinajstić information content (AvgIpc) is 3.47. The molecule has 1 aromatic rings. The molecule has 3 fully saturated rings. The van der Waals surface area contributed by atoms with Crippen molar-refractivity contribution in [3.8, 4) is 0 Å². The van der Waals surface area contributed by atoms with Crippen molar-refractivity contribution < 1.29 is 28.6 Å². The molecule has 0 aromatic heterocycles. The van der Waals surface area contributed by atoms with Gasteiger partial charge in [0, 0.05) is 12.8 Å². The van der Waals surface area contributed by atoms with Crippen molar-refractivity contribution in [3.63, 3.8) is 0 Å². The molecule has 3 unspecified atom stereocenters. The standard InChI is InChI=1S/C47H73NO6/c1-32(2)16-15-17-33(3)38-24-25-39-37-23-22-35-30-36(26-28-46(35,7)40(37)27-29-47(38,39)8)53-43(50)41(48-44(51)54-45(4,5)6)20-13-10-14-21-42(49)52-31-34-18-11-9-12-19-34/h9,11-12,18-19,22,32-33,36-41H,10,13-17,20-21,23-31H2,1-8H3,(H,48,51)/t33-,36+,37?,38-,39?,40?,41+,46+,47-/m1/s1. The Bertz CT molecular complexity index is 1430. The monoisotopic (exact) mass is 748 g/mol. The number of esters is 2. The van der Waals surface area contributed by atoms with Crippen LogP contribution in [0.25, 0.3) is 0 Å². The molecule has 0 radical (unpaired) electrons. The van der Waals surface area contributed by atoms with Gasteiger partial charge in [0.25, 0.3) is 0 Å². The predicted molar refractivity (Wildman–Crippen MR) is 215 cm³/mol. The number of alkyl carbamates (subject to hydrolysis) is 1. The van der Waals surface area contributed by atoms with Crippen LogP contribution in [0.2, 0.25) is 0 Å². The summed E-state index contributed by atoms with van der Waals surface area (Å²) in [5.74, 6) is 4.13. The molecule has 1 amide bonds. The number of rotatable bonds is 16. The maximum absolute atomic E-state index is 13.7. The fourth-order valence-electron chi connectivity index (χ4n) is 11.3. The minimum absolute atomic E-state index is 0.171. The van der Waals surface area contributed by atoms with Gasteiger partial charge in [-0.3, -0.25) is 4.79 Å². The molecule has 4 aliphatic carbocycles. The van der Waals surface area contributed by atoms with Gasteiger partial charge in [-0.05, 0) is 130 Å². The lowest BCUT2D eigenvalue weighted by Crippen LogP contribution is -2.51. The average molecular weight is 748 g/mol. The molecule has 0 bridgehead atoms. The number of ether oxygens (including phenoxy) is 3. The Morgan fingerprint density at radius 2 is 1.63 bits per heavy atom. The number of fused-ring (bicyclic) bond motifs is 5. The molecule has 0 saturated heterocycles. The molecule has 7 heteroatoms. The zero-order valence-electron chi connectivity index (χ0n) is 35.1. The summed E-state index contributed by atoms with van der Waals surface area (Å²) in [5, 5.41) is 2.81. The van der Waals surface area contributed by atoms with Gasteiger partial charge in [-0.2, -0.15) is 0 Å². The maximum Gasteiger partial charge on any atom is 0.408 e. The summed E-state index contributed by atoms with van der Waals surface area (Å²) >= 11 is 0. The number of nitrogens with one attached hydrogen (secondary N) is 1. The number of carbonyl (C=O) groups excluding carboxylic acids is 3. The number of unbranched alkanes of at least 4 members (excludes halogenated alkanes) is 2. The van der Waals surface area contributed by atoms with Crippen molar-refractivity contribution in [2.45, 2.75) is 182 Å². The Balaban J connectivity index is 1.14. The Morgan fingerprint density at radius 1 is 0.870 bits per heavy atom. The van der Waals surface area contributed by atoms with E-state index in [1.165, 1.54) is 50.5 Å². The first-order valence-electron chi connectivity index (χ1n) is 21.7. The zero-order chi connectivity index (χ0) is 39.1. The quantitative estimate of drug-likeness (QED) is 0.0783. The maximum atomic E-state index is 13.7. The number of amides is 1. The van der Waals surface area contributed by atoms with Crippen molar-refractivity contribution in [3.05, 3.63) is 47.5 Å². The summed E-state index contributed by atoms with van der Waals surface area (Å²) in [7, 11) is 0. The van der Waals surface area contributed by atoms with Crippen LogP contribution in [-0.2, 0) is 30.4 Å². The summed E-state index contributed by atoms with van der Waals surface area (Å²) in [5.41, 5.74) is 2.41. The van der Waals surface area contributed by atoms with E-state index < -0.39 is 17.7 Å². The molecular formula is C47H73NO6. The van der Waals surface area contributed by atoms with Crippen LogP contribution in [0, 0.1) is 46.3 Å². The third-order valence-corrected chi connectivity index (χ3v) is 14.1. The van der Waals surface area contributed by atoms with Crippen LogP contribution in [0.5, 0.6) is 0 Å². The predicted octanol–water partition coefficient (Wildman–Crippen LogP) is 11.5. The smallest absolute Gasteiger partial charge is 0.408 e. The first kappa shape index (κ1) is 42.3. The molecule has 9 atom stereocenters. The second-order valence-corrected chi connectivity index (χ2v) is 19.5. The SMILES string of the molecule is CC(C)CCC[C@@H](C)[C@H]1CCC2C3CC=C4C[C@@H](OC(=O)[C@H](CCCCCC(=O)OCc5ccccc5)NC(=O)OC(C)(C)C)CC[C@]4(C)C3CC[C@@]21C. The molecular weight excluding hydrogens is 675 g/mol. The van der Waals surface area contributed by atoms with E-state index in [-0.39, 0.29) is 30.1 Å². The van der Waals surface area contributed by atoms with E-state index in [1.54, 1.807) is 0 Å². The fourth-order valence-corrected chi connectivity index (χ4v) is 11.3. The minimum Gasteiger partial charge on any atom is -0.461 e. The van der Waals surface area contributed by atoms with Crippen LogP contribution in [0.3, 0.4) is 0 Å². The van der Waals surface area contributed by atoms with E-state index in [0.29, 0.717) is 37.0 Å². The third-order valence-electron chi connectivity index (χ3n) is 14.1. The van der Waals surface area contributed by atoms with Gasteiger partial charge in [-0.1, -0.05) is 109 Å². The van der Waals surface area contributed by atoms with E-state index in [2.05, 4.69) is 46.0 Å². The van der Waals surface area contributed by atoms with Gasteiger partial charge in [-0.25, -0.2) is 9.59 Å². The van der Waals surface area contributed by atoms with Crippen molar-refractivity contribution in [1.29, 1.82) is 0 Å². The zero-order valence-corrected chi connectivity index (χ0v) is 35.1. The molecule has 1 N–H and O–H groups in total. The summed E-state index contributed by atoms with van der Waals surface area (Å²) in [4.78, 5) is 38.8. The highest BCUT2D eigenvalue weighted by atomic mass is 16.6. The van der Waals surface area contributed by atoms with Gasteiger partial charge in [0.1, 0.15) is 24.4 Å². The van der Waals surface area contributed by atoms with Gasteiger partial charge in [0.15, 0.2) is 0 Å². The van der Waals surface area contributed by atoms with Crippen molar-refractivity contribution in [1.82, 2.24) is 5.32 Å². The van der Waals surface area contributed by atoms with E-state index in [4.69, 9.17) is 14.2 Å². The Morgan fingerprint density at radius 3 is 2.35 bits per heavy atom. The van der Waals surface area contributed by atoms with Crippen LogP contribution in [0.15, 0.2) is 42.0 Å². The summed E-state index contributed by atoms with van der Waals surface area (Å²) in [6.45, 7) is 18.1. The second kappa shape index (κ2) is 18.4. The van der Waals surface area contributed by atoms with Crippen LogP contribution in [-0.4, -0.2) is 35.8 Å². The summed E-state index contributed by atoms with van der Waals surface area (Å²) in [6.07, 6.45) is 17.9. The lowest BCUT2D eigenvalue weighted by Gasteiger charge is -2.58. The van der Waals surface area contributed by atoms with Crippen LogP contribution in [0.1, 0.15) is 164 Å². The molecule has 54 heavy (non-hydrogen) atoms. The highest BCUT2D eigenvalue weighted by Gasteiger charge is 2.59. The molecule has 1 aromatic carbocycles. The topological polar surface area (TPSA) is 90.9 Å². The van der Waals surface area contributed by atoms with E-state index >= 15 is 0 Å². The molecule has 7 nitrogen and oxygen atoms in total. The van der Waals surface area contributed by atoms with Gasteiger partial charge >= 0.3 is 18.0 Å². The molecule has 0 aliphatic heterocycles. The number of hydrogen-bond donors (Lipinski definition) is 1. The van der Waals surface area contributed by atoms with Crippen molar-refractivity contribution >= 4 is 18.0 Å². The first-order chi connectivity index (χ1) is 25.6. The van der Waals surface area contributed by atoms with Gasteiger partial charge < -0.3 is 19.5 Å². The number of benzene rings is 1. The Kier molecular flexibility index (Phi) is 14.4. The lowest BCUT2D eigenvalue weighted by atomic mass is 9.47. The fraction of sp³-hybridized carbons (Fsp3) is 0.766. The molecule has 5 rings (SSSR count). The highest BCUT2D eigenvalue weighted by Crippen LogP contribution is 2.67. The number of carbonyl (C=O) groups is 3. The lowest BCUT2D eigenvalue weighted by molar-refractivity contribution is -0.154. The van der Waals surface area contributed by atoms with Gasteiger partial charge in [0.2, 0.25) is 0 Å². The van der Waals surface area contributed by atoms with Gasteiger partial charge in [-0.15, -0.1) is 0 Å².